The Hall–Kier alpha value is -3.07. The lowest BCUT2D eigenvalue weighted by molar-refractivity contribution is 0.0985. The second kappa shape index (κ2) is 9.29. The Kier molecular flexibility index (Phi) is 6.20. The second-order valence-corrected chi connectivity index (χ2v) is 11.4. The molecule has 34 heavy (non-hydrogen) atoms. The van der Waals surface area contributed by atoms with Crippen molar-refractivity contribution < 1.29 is 13.2 Å². The molecule has 5 rings (SSSR count). The van der Waals surface area contributed by atoms with Gasteiger partial charge in [0.1, 0.15) is 0 Å². The van der Waals surface area contributed by atoms with Crippen LogP contribution in [0.4, 0.5) is 5.13 Å². The molecule has 1 aromatic heterocycles. The minimum absolute atomic E-state index is 0.218. The van der Waals surface area contributed by atoms with E-state index in [0.717, 1.165) is 34.2 Å². The van der Waals surface area contributed by atoms with Gasteiger partial charge in [-0.3, -0.25) is 9.69 Å². The number of nitrogens with zero attached hydrogens (tertiary/aromatic N) is 3. The van der Waals surface area contributed by atoms with Gasteiger partial charge >= 0.3 is 0 Å². The maximum Gasteiger partial charge on any atom is 0.260 e. The molecule has 0 saturated carbocycles. The van der Waals surface area contributed by atoms with Crippen LogP contribution in [0.2, 0.25) is 0 Å². The molecule has 8 heteroatoms. The number of carbonyl (C=O) groups is 1. The van der Waals surface area contributed by atoms with Gasteiger partial charge in [-0.1, -0.05) is 47.7 Å². The van der Waals surface area contributed by atoms with Crippen LogP contribution in [0.3, 0.4) is 0 Å². The van der Waals surface area contributed by atoms with Crippen molar-refractivity contribution in [3.8, 4) is 0 Å². The van der Waals surface area contributed by atoms with E-state index in [1.54, 1.807) is 17.0 Å². The second-order valence-electron chi connectivity index (χ2n) is 8.48. The normalized spacial score (nSPS) is 14.5. The van der Waals surface area contributed by atoms with E-state index in [9.17, 15) is 13.2 Å². The number of sulfonamides is 1. The minimum atomic E-state index is -3.53. The van der Waals surface area contributed by atoms with Crippen molar-refractivity contribution in [2.75, 3.05) is 18.0 Å². The third-order valence-corrected chi connectivity index (χ3v) is 8.95. The number of hydrogen-bond donors (Lipinski definition) is 0. The van der Waals surface area contributed by atoms with Gasteiger partial charge in [0.2, 0.25) is 10.0 Å². The fourth-order valence-electron chi connectivity index (χ4n) is 4.13. The van der Waals surface area contributed by atoms with Crippen LogP contribution in [-0.2, 0) is 16.6 Å². The number of rotatable bonds is 6. The number of aryl methyl sites for hydroxylation is 1. The highest BCUT2D eigenvalue weighted by molar-refractivity contribution is 7.89. The Morgan fingerprint density at radius 1 is 1.00 bits per heavy atom. The van der Waals surface area contributed by atoms with Crippen LogP contribution < -0.4 is 4.90 Å². The SMILES string of the molecule is Cc1ccc2nc(N(Cc3ccccc3)C(=O)c3ccc(S(=O)(=O)N4CCCC4)cc3)sc2c1. The van der Waals surface area contributed by atoms with Crippen LogP contribution in [0.15, 0.2) is 77.7 Å². The molecule has 1 aliphatic heterocycles. The summed E-state index contributed by atoms with van der Waals surface area (Å²) in [6, 6.07) is 22.1. The van der Waals surface area contributed by atoms with Crippen molar-refractivity contribution in [1.82, 2.24) is 9.29 Å². The molecule has 174 valence electrons. The van der Waals surface area contributed by atoms with E-state index >= 15 is 0 Å². The molecule has 1 aliphatic rings. The third kappa shape index (κ3) is 4.49. The highest BCUT2D eigenvalue weighted by atomic mass is 32.2. The van der Waals surface area contributed by atoms with Crippen LogP contribution in [0, 0.1) is 6.92 Å². The number of benzene rings is 3. The number of thiazole rings is 1. The van der Waals surface area contributed by atoms with E-state index in [-0.39, 0.29) is 10.8 Å². The molecule has 0 spiro atoms. The molecule has 0 N–H and O–H groups in total. The Labute approximate surface area is 203 Å². The van der Waals surface area contributed by atoms with E-state index < -0.39 is 10.0 Å². The summed E-state index contributed by atoms with van der Waals surface area (Å²) in [6.07, 6.45) is 1.76. The smallest absolute Gasteiger partial charge is 0.260 e. The minimum Gasteiger partial charge on any atom is -0.279 e. The van der Waals surface area contributed by atoms with E-state index in [4.69, 9.17) is 4.98 Å². The molecule has 1 saturated heterocycles. The number of fused-ring (bicyclic) bond motifs is 1. The average molecular weight is 492 g/mol. The Morgan fingerprint density at radius 2 is 1.71 bits per heavy atom. The zero-order chi connectivity index (χ0) is 23.7. The first-order chi connectivity index (χ1) is 16.4. The van der Waals surface area contributed by atoms with Crippen molar-refractivity contribution >= 4 is 42.6 Å². The number of carbonyl (C=O) groups excluding carboxylic acids is 1. The van der Waals surface area contributed by atoms with Crippen molar-refractivity contribution in [2.24, 2.45) is 0 Å². The molecule has 0 atom stereocenters. The molecule has 0 radical (unpaired) electrons. The van der Waals surface area contributed by atoms with Gasteiger partial charge in [-0.15, -0.1) is 0 Å². The summed E-state index contributed by atoms with van der Waals surface area (Å²) in [4.78, 5) is 20.3. The summed E-state index contributed by atoms with van der Waals surface area (Å²) >= 11 is 1.48. The lowest BCUT2D eigenvalue weighted by Crippen LogP contribution is -2.30. The molecule has 6 nitrogen and oxygen atoms in total. The quantitative estimate of drug-likeness (QED) is 0.370. The summed E-state index contributed by atoms with van der Waals surface area (Å²) < 4.78 is 28.3. The zero-order valence-corrected chi connectivity index (χ0v) is 20.5. The molecular weight excluding hydrogens is 466 g/mol. The Morgan fingerprint density at radius 3 is 2.41 bits per heavy atom. The van der Waals surface area contributed by atoms with Crippen molar-refractivity contribution in [3.05, 3.63) is 89.5 Å². The lowest BCUT2D eigenvalue weighted by Gasteiger charge is -2.20. The topological polar surface area (TPSA) is 70.6 Å². The van der Waals surface area contributed by atoms with Crippen LogP contribution in [-0.4, -0.2) is 36.7 Å². The summed E-state index contributed by atoms with van der Waals surface area (Å²) in [5.74, 6) is -0.218. The number of hydrogen-bond acceptors (Lipinski definition) is 5. The number of anilines is 1. The monoisotopic (exact) mass is 491 g/mol. The van der Waals surface area contributed by atoms with Crippen molar-refractivity contribution in [3.63, 3.8) is 0 Å². The van der Waals surface area contributed by atoms with Gasteiger partial charge < -0.3 is 0 Å². The third-order valence-electron chi connectivity index (χ3n) is 6.00. The van der Waals surface area contributed by atoms with E-state index in [1.807, 2.05) is 49.4 Å². The first kappa shape index (κ1) is 22.7. The van der Waals surface area contributed by atoms with E-state index in [0.29, 0.717) is 30.3 Å². The standard InChI is InChI=1S/C26H25N3O3S2/c1-19-9-14-23-24(17-19)33-26(27-23)29(18-20-7-3-2-4-8-20)25(30)21-10-12-22(13-11-21)34(31,32)28-15-5-6-16-28/h2-4,7-14,17H,5-6,15-16,18H2,1H3. The van der Waals surface area contributed by atoms with Crippen LogP contribution in [0.5, 0.6) is 0 Å². The largest absolute Gasteiger partial charge is 0.279 e. The summed E-state index contributed by atoms with van der Waals surface area (Å²) in [6.45, 7) is 3.49. The molecule has 4 aromatic rings. The van der Waals surface area contributed by atoms with E-state index in [2.05, 4.69) is 6.07 Å². The summed E-state index contributed by atoms with van der Waals surface area (Å²) in [7, 11) is -3.53. The van der Waals surface area contributed by atoms with Gasteiger partial charge in [0, 0.05) is 18.7 Å². The molecule has 2 heterocycles. The maximum atomic E-state index is 13.6. The van der Waals surface area contributed by atoms with Crippen molar-refractivity contribution in [1.29, 1.82) is 0 Å². The van der Waals surface area contributed by atoms with Crippen molar-refractivity contribution in [2.45, 2.75) is 31.2 Å². The highest BCUT2D eigenvalue weighted by Crippen LogP contribution is 2.32. The molecule has 0 bridgehead atoms. The molecule has 0 unspecified atom stereocenters. The molecular formula is C26H25N3O3S2. The van der Waals surface area contributed by atoms with Gasteiger partial charge in [0.15, 0.2) is 5.13 Å². The van der Waals surface area contributed by atoms with Gasteiger partial charge in [-0.25, -0.2) is 13.4 Å². The number of amides is 1. The zero-order valence-electron chi connectivity index (χ0n) is 18.8. The first-order valence-electron chi connectivity index (χ1n) is 11.2. The predicted octanol–water partition coefficient (Wildman–Crippen LogP) is 5.24. The van der Waals surface area contributed by atoms with E-state index in [1.165, 1.54) is 27.8 Å². The average Bonchev–Trinajstić information content (AvgIpc) is 3.53. The van der Waals surface area contributed by atoms with Crippen LogP contribution in [0.1, 0.15) is 34.3 Å². The number of aromatic nitrogens is 1. The molecule has 3 aromatic carbocycles. The summed E-state index contributed by atoms with van der Waals surface area (Å²) in [5.41, 5.74) is 3.40. The first-order valence-corrected chi connectivity index (χ1v) is 13.5. The Balaban J connectivity index is 1.48. The fourth-order valence-corrected chi connectivity index (χ4v) is 6.71. The highest BCUT2D eigenvalue weighted by Gasteiger charge is 2.28. The summed E-state index contributed by atoms with van der Waals surface area (Å²) in [5, 5.41) is 0.614. The molecule has 1 amide bonds. The van der Waals surface area contributed by atoms with Gasteiger partial charge in [0.25, 0.3) is 5.91 Å². The van der Waals surface area contributed by atoms with Gasteiger partial charge in [-0.05, 0) is 67.3 Å². The fraction of sp³-hybridized carbons (Fsp3) is 0.231. The van der Waals surface area contributed by atoms with Gasteiger partial charge in [-0.2, -0.15) is 4.31 Å². The molecule has 1 fully saturated rings. The van der Waals surface area contributed by atoms with Crippen LogP contribution >= 0.6 is 11.3 Å². The maximum absolute atomic E-state index is 13.6. The Bertz CT molecular complexity index is 1430. The predicted molar refractivity (Wildman–Crippen MR) is 136 cm³/mol. The van der Waals surface area contributed by atoms with Crippen LogP contribution in [0.25, 0.3) is 10.2 Å². The molecule has 0 aliphatic carbocycles. The lowest BCUT2D eigenvalue weighted by atomic mass is 10.1. The van der Waals surface area contributed by atoms with Gasteiger partial charge in [0.05, 0.1) is 21.7 Å².